The number of hydrogen-bond donors (Lipinski definition) is 1. The van der Waals surface area contributed by atoms with Gasteiger partial charge in [-0.3, -0.25) is 0 Å². The second-order valence-electron chi connectivity index (χ2n) is 3.39. The van der Waals surface area contributed by atoms with Crippen LogP contribution in [0, 0.1) is 12.3 Å². The highest BCUT2D eigenvalue weighted by Gasteiger charge is 2.06. The highest BCUT2D eigenvalue weighted by molar-refractivity contribution is 5.28. The van der Waals surface area contributed by atoms with Crippen LogP contribution in [0.2, 0.25) is 0 Å². The van der Waals surface area contributed by atoms with Crippen LogP contribution in [-0.2, 0) is 0 Å². The van der Waals surface area contributed by atoms with E-state index in [1.165, 1.54) is 0 Å². The van der Waals surface area contributed by atoms with Crippen LogP contribution in [0.25, 0.3) is 0 Å². The molecule has 1 aromatic carbocycles. The molecule has 1 unspecified atom stereocenters. The van der Waals surface area contributed by atoms with Gasteiger partial charge in [-0.1, -0.05) is 30.2 Å². The average Bonchev–Trinajstić information content (AvgIpc) is 2.39. The lowest BCUT2D eigenvalue weighted by atomic mass is 10.2. The smallest absolute Gasteiger partial charge is 0.219 e. The molecule has 17 heavy (non-hydrogen) atoms. The van der Waals surface area contributed by atoms with Gasteiger partial charge in [0.2, 0.25) is 5.88 Å². The van der Waals surface area contributed by atoms with E-state index in [0.29, 0.717) is 17.3 Å². The highest BCUT2D eigenvalue weighted by Crippen LogP contribution is 2.20. The first-order chi connectivity index (χ1) is 8.29. The molecule has 0 aliphatic rings. The van der Waals surface area contributed by atoms with E-state index in [9.17, 15) is 5.11 Å². The number of ether oxygens (including phenoxy) is 1. The summed E-state index contributed by atoms with van der Waals surface area (Å²) in [4.78, 5) is 4.12. The molecule has 0 saturated carbocycles. The largest absolute Gasteiger partial charge is 0.439 e. The first-order valence-corrected chi connectivity index (χ1v) is 5.13. The quantitative estimate of drug-likeness (QED) is 0.816. The first-order valence-electron chi connectivity index (χ1n) is 5.13. The molecule has 84 valence electrons. The molecule has 0 saturated heterocycles. The SMILES string of the molecule is C#CC(O)c1cccc(Oc2ccccc2)n1. The highest BCUT2D eigenvalue weighted by atomic mass is 16.5. The Kier molecular flexibility index (Phi) is 3.39. The van der Waals surface area contributed by atoms with Gasteiger partial charge in [-0.15, -0.1) is 6.42 Å². The molecule has 0 aliphatic carbocycles. The third-order valence-electron chi connectivity index (χ3n) is 2.15. The normalized spacial score (nSPS) is 11.5. The summed E-state index contributed by atoms with van der Waals surface area (Å²) in [7, 11) is 0. The molecule has 1 N–H and O–H groups in total. The molecule has 0 fully saturated rings. The summed E-state index contributed by atoms with van der Waals surface area (Å²) in [5.41, 5.74) is 0.404. The third kappa shape index (κ3) is 2.83. The Labute approximate surface area is 99.7 Å². The number of benzene rings is 1. The summed E-state index contributed by atoms with van der Waals surface area (Å²) >= 11 is 0. The zero-order valence-corrected chi connectivity index (χ0v) is 9.08. The van der Waals surface area contributed by atoms with Crippen molar-refractivity contribution in [2.24, 2.45) is 0 Å². The van der Waals surface area contributed by atoms with Gasteiger partial charge in [0, 0.05) is 6.07 Å². The number of rotatable bonds is 3. The number of hydrogen-bond acceptors (Lipinski definition) is 3. The molecular formula is C14H11NO2. The minimum Gasteiger partial charge on any atom is -0.439 e. The van der Waals surface area contributed by atoms with Gasteiger partial charge in [-0.2, -0.15) is 0 Å². The first kappa shape index (κ1) is 11.2. The van der Waals surface area contributed by atoms with Crippen molar-refractivity contribution in [1.82, 2.24) is 4.98 Å². The van der Waals surface area contributed by atoms with Crippen LogP contribution in [0.5, 0.6) is 11.6 Å². The predicted molar refractivity (Wildman–Crippen MR) is 64.5 cm³/mol. The van der Waals surface area contributed by atoms with E-state index >= 15 is 0 Å². The van der Waals surface area contributed by atoms with Crippen LogP contribution in [0.4, 0.5) is 0 Å². The molecule has 1 atom stereocenters. The number of pyridine rings is 1. The monoisotopic (exact) mass is 225 g/mol. The van der Waals surface area contributed by atoms with Crippen molar-refractivity contribution < 1.29 is 9.84 Å². The number of aliphatic hydroxyl groups is 1. The molecule has 1 aromatic heterocycles. The fourth-order valence-electron chi connectivity index (χ4n) is 1.33. The number of aliphatic hydroxyl groups excluding tert-OH is 1. The van der Waals surface area contributed by atoms with Crippen LogP contribution < -0.4 is 4.74 Å². The lowest BCUT2D eigenvalue weighted by molar-refractivity contribution is 0.232. The molecule has 2 aromatic rings. The fourth-order valence-corrected chi connectivity index (χ4v) is 1.33. The molecule has 3 nitrogen and oxygen atoms in total. The van der Waals surface area contributed by atoms with Crippen molar-refractivity contribution in [3.8, 4) is 24.0 Å². The van der Waals surface area contributed by atoms with Gasteiger partial charge in [0.15, 0.2) is 6.10 Å². The molecule has 0 bridgehead atoms. The van der Waals surface area contributed by atoms with E-state index in [1.54, 1.807) is 18.2 Å². The molecule has 0 aliphatic heterocycles. The predicted octanol–water partition coefficient (Wildman–Crippen LogP) is 2.54. The maximum atomic E-state index is 9.47. The number of nitrogens with zero attached hydrogens (tertiary/aromatic N) is 1. The number of aromatic nitrogens is 1. The van der Waals surface area contributed by atoms with Crippen LogP contribution in [0.15, 0.2) is 48.5 Å². The van der Waals surface area contributed by atoms with Crippen LogP contribution in [0.3, 0.4) is 0 Å². The average molecular weight is 225 g/mol. The molecular weight excluding hydrogens is 214 g/mol. The fraction of sp³-hybridized carbons (Fsp3) is 0.0714. The van der Waals surface area contributed by atoms with E-state index < -0.39 is 6.10 Å². The third-order valence-corrected chi connectivity index (χ3v) is 2.15. The second-order valence-corrected chi connectivity index (χ2v) is 3.39. The Hall–Kier alpha value is -2.31. The Morgan fingerprint density at radius 2 is 1.88 bits per heavy atom. The zero-order chi connectivity index (χ0) is 12.1. The van der Waals surface area contributed by atoms with Gasteiger partial charge in [-0.25, -0.2) is 4.98 Å². The maximum absolute atomic E-state index is 9.47. The lowest BCUT2D eigenvalue weighted by Crippen LogP contribution is -1.98. The maximum Gasteiger partial charge on any atom is 0.219 e. The number of para-hydroxylation sites is 1. The lowest BCUT2D eigenvalue weighted by Gasteiger charge is -2.07. The van der Waals surface area contributed by atoms with Gasteiger partial charge in [0.1, 0.15) is 5.75 Å². The van der Waals surface area contributed by atoms with Crippen molar-refractivity contribution in [2.75, 3.05) is 0 Å². The molecule has 0 amide bonds. The Morgan fingerprint density at radius 3 is 2.59 bits per heavy atom. The van der Waals surface area contributed by atoms with E-state index in [1.807, 2.05) is 30.3 Å². The van der Waals surface area contributed by atoms with Crippen molar-refractivity contribution in [2.45, 2.75) is 6.10 Å². The Balaban J connectivity index is 2.20. The number of terminal acetylenes is 1. The summed E-state index contributed by atoms with van der Waals surface area (Å²) in [6.07, 6.45) is 4.12. The summed E-state index contributed by atoms with van der Waals surface area (Å²) in [6, 6.07) is 14.4. The zero-order valence-electron chi connectivity index (χ0n) is 9.08. The Morgan fingerprint density at radius 1 is 1.12 bits per heavy atom. The summed E-state index contributed by atoms with van der Waals surface area (Å²) in [5.74, 6) is 3.30. The van der Waals surface area contributed by atoms with Crippen molar-refractivity contribution in [3.63, 3.8) is 0 Å². The van der Waals surface area contributed by atoms with E-state index in [0.717, 1.165) is 0 Å². The van der Waals surface area contributed by atoms with Crippen molar-refractivity contribution in [3.05, 3.63) is 54.2 Å². The van der Waals surface area contributed by atoms with E-state index in [-0.39, 0.29) is 0 Å². The summed E-state index contributed by atoms with van der Waals surface area (Å²) in [6.45, 7) is 0. The van der Waals surface area contributed by atoms with Gasteiger partial charge in [0.25, 0.3) is 0 Å². The van der Waals surface area contributed by atoms with Crippen LogP contribution in [-0.4, -0.2) is 10.1 Å². The second kappa shape index (κ2) is 5.15. The van der Waals surface area contributed by atoms with Crippen molar-refractivity contribution >= 4 is 0 Å². The molecule has 0 spiro atoms. The van der Waals surface area contributed by atoms with Crippen LogP contribution >= 0.6 is 0 Å². The molecule has 2 rings (SSSR count). The standard InChI is InChI=1S/C14H11NO2/c1-2-13(16)12-9-6-10-14(15-12)17-11-7-4-3-5-8-11/h1,3-10,13,16H. The van der Waals surface area contributed by atoms with Crippen LogP contribution in [0.1, 0.15) is 11.8 Å². The molecule has 0 radical (unpaired) electrons. The van der Waals surface area contributed by atoms with Gasteiger partial charge in [-0.05, 0) is 18.2 Å². The minimum atomic E-state index is -1.01. The summed E-state index contributed by atoms with van der Waals surface area (Å²) < 4.78 is 5.52. The van der Waals surface area contributed by atoms with Gasteiger partial charge < -0.3 is 9.84 Å². The van der Waals surface area contributed by atoms with E-state index in [2.05, 4.69) is 10.9 Å². The molecule has 1 heterocycles. The molecule has 3 heteroatoms. The minimum absolute atomic E-state index is 0.404. The van der Waals surface area contributed by atoms with Gasteiger partial charge >= 0.3 is 0 Å². The van der Waals surface area contributed by atoms with E-state index in [4.69, 9.17) is 11.2 Å². The van der Waals surface area contributed by atoms with Gasteiger partial charge in [0.05, 0.1) is 5.69 Å². The Bertz CT molecular complexity index is 531. The van der Waals surface area contributed by atoms with Crippen molar-refractivity contribution in [1.29, 1.82) is 0 Å². The summed E-state index contributed by atoms with van der Waals surface area (Å²) in [5, 5.41) is 9.47. The topological polar surface area (TPSA) is 42.4 Å².